The summed E-state index contributed by atoms with van der Waals surface area (Å²) in [6.45, 7) is 14.8. The normalized spacial score (nSPS) is 20.0. The molecule has 23 heavy (non-hydrogen) atoms. The zero-order valence-corrected chi connectivity index (χ0v) is 18.0. The first kappa shape index (κ1) is 22.9. The van der Waals surface area contributed by atoms with E-state index in [9.17, 15) is 0 Å². The summed E-state index contributed by atoms with van der Waals surface area (Å²) < 4.78 is 5.08. The minimum atomic E-state index is 0. The number of halogens is 1. The van der Waals surface area contributed by atoms with E-state index in [1.54, 1.807) is 7.11 Å². The van der Waals surface area contributed by atoms with Crippen LogP contribution in [0.3, 0.4) is 0 Å². The predicted molar refractivity (Wildman–Crippen MR) is 110 cm³/mol. The van der Waals surface area contributed by atoms with Crippen LogP contribution in [0.25, 0.3) is 0 Å². The van der Waals surface area contributed by atoms with Crippen molar-refractivity contribution in [1.82, 2.24) is 15.5 Å². The van der Waals surface area contributed by atoms with Gasteiger partial charge in [-0.05, 0) is 52.5 Å². The van der Waals surface area contributed by atoms with Gasteiger partial charge in [-0.25, -0.2) is 0 Å². The maximum atomic E-state index is 5.08. The maximum Gasteiger partial charge on any atom is 0.191 e. The average molecular weight is 440 g/mol. The quantitative estimate of drug-likeness (QED) is 0.264. The van der Waals surface area contributed by atoms with Gasteiger partial charge in [0.2, 0.25) is 0 Å². The molecule has 1 unspecified atom stereocenters. The molecule has 6 heteroatoms. The van der Waals surface area contributed by atoms with Gasteiger partial charge in [0.15, 0.2) is 5.96 Å². The summed E-state index contributed by atoms with van der Waals surface area (Å²) in [7, 11) is 1.74. The summed E-state index contributed by atoms with van der Waals surface area (Å²) in [4.78, 5) is 7.39. The van der Waals surface area contributed by atoms with E-state index in [1.807, 2.05) is 0 Å². The number of nitrogens with one attached hydrogen (secondary N) is 2. The summed E-state index contributed by atoms with van der Waals surface area (Å²) in [6.07, 6.45) is 3.66. The predicted octanol–water partition coefficient (Wildman–Crippen LogP) is 2.71. The first-order chi connectivity index (χ1) is 10.5. The van der Waals surface area contributed by atoms with Gasteiger partial charge >= 0.3 is 0 Å². The first-order valence-electron chi connectivity index (χ1n) is 8.75. The number of rotatable bonds is 8. The number of ether oxygens (including phenoxy) is 1. The smallest absolute Gasteiger partial charge is 0.191 e. The fourth-order valence-corrected chi connectivity index (χ4v) is 2.88. The maximum absolute atomic E-state index is 5.08. The fraction of sp³-hybridized carbons (Fsp3) is 0.941. The minimum Gasteiger partial charge on any atom is -0.385 e. The molecule has 0 amide bonds. The lowest BCUT2D eigenvalue weighted by Gasteiger charge is -2.42. The Morgan fingerprint density at radius 3 is 2.70 bits per heavy atom. The zero-order chi connectivity index (χ0) is 16.4. The number of nitrogens with zero attached hydrogens (tertiary/aromatic N) is 2. The van der Waals surface area contributed by atoms with Gasteiger partial charge in [-0.3, -0.25) is 9.89 Å². The second kappa shape index (κ2) is 12.3. The number of hydrogen-bond acceptors (Lipinski definition) is 3. The Bertz CT molecular complexity index is 337. The van der Waals surface area contributed by atoms with Crippen molar-refractivity contribution in [3.05, 3.63) is 0 Å². The van der Waals surface area contributed by atoms with E-state index in [0.717, 1.165) is 44.5 Å². The molecule has 1 saturated heterocycles. The van der Waals surface area contributed by atoms with E-state index < -0.39 is 0 Å². The van der Waals surface area contributed by atoms with Crippen molar-refractivity contribution in [2.24, 2.45) is 10.9 Å². The Hall–Kier alpha value is -0.0800. The van der Waals surface area contributed by atoms with Crippen molar-refractivity contribution in [2.45, 2.75) is 52.5 Å². The van der Waals surface area contributed by atoms with Crippen molar-refractivity contribution >= 4 is 29.9 Å². The number of likely N-dealkylation sites (tertiary alicyclic amines) is 1. The molecule has 0 saturated carbocycles. The molecule has 1 rings (SSSR count). The summed E-state index contributed by atoms with van der Waals surface area (Å²) >= 11 is 0. The minimum absolute atomic E-state index is 0. The van der Waals surface area contributed by atoms with E-state index in [0.29, 0.717) is 0 Å². The molecular formula is C17H37IN4O. The van der Waals surface area contributed by atoms with Crippen molar-refractivity contribution in [2.75, 3.05) is 46.4 Å². The molecule has 0 aromatic rings. The summed E-state index contributed by atoms with van der Waals surface area (Å²) in [5.74, 6) is 1.72. The number of guanidine groups is 1. The van der Waals surface area contributed by atoms with E-state index in [4.69, 9.17) is 9.73 Å². The molecule has 2 N–H and O–H groups in total. The van der Waals surface area contributed by atoms with Crippen molar-refractivity contribution in [3.8, 4) is 0 Å². The van der Waals surface area contributed by atoms with Crippen molar-refractivity contribution < 1.29 is 4.74 Å². The summed E-state index contributed by atoms with van der Waals surface area (Å²) in [6, 6.07) is 0. The van der Waals surface area contributed by atoms with E-state index >= 15 is 0 Å². The van der Waals surface area contributed by atoms with E-state index in [-0.39, 0.29) is 29.5 Å². The Balaban J connectivity index is 0.00000484. The number of aliphatic imine (C=N–C) groups is 1. The Labute approximate surface area is 160 Å². The molecule has 0 radical (unpaired) electrons. The van der Waals surface area contributed by atoms with E-state index in [2.05, 4.69) is 43.2 Å². The molecule has 0 aliphatic carbocycles. The Morgan fingerprint density at radius 2 is 2.09 bits per heavy atom. The van der Waals surface area contributed by atoms with Crippen LogP contribution in [-0.2, 0) is 4.74 Å². The van der Waals surface area contributed by atoms with Gasteiger partial charge in [-0.1, -0.05) is 6.92 Å². The molecule has 1 atom stereocenters. The van der Waals surface area contributed by atoms with Crippen LogP contribution in [0.2, 0.25) is 0 Å². The highest BCUT2D eigenvalue weighted by molar-refractivity contribution is 14.0. The van der Waals surface area contributed by atoms with Gasteiger partial charge in [0.25, 0.3) is 0 Å². The van der Waals surface area contributed by atoms with Gasteiger partial charge in [0.1, 0.15) is 0 Å². The highest BCUT2D eigenvalue weighted by Crippen LogP contribution is 2.23. The number of hydrogen-bond donors (Lipinski definition) is 2. The molecule has 5 nitrogen and oxygen atoms in total. The molecule has 0 spiro atoms. The second-order valence-corrected chi connectivity index (χ2v) is 6.97. The fourth-order valence-electron chi connectivity index (χ4n) is 2.88. The third kappa shape index (κ3) is 9.10. The van der Waals surface area contributed by atoms with Crippen molar-refractivity contribution in [1.29, 1.82) is 0 Å². The third-order valence-corrected chi connectivity index (χ3v) is 4.30. The van der Waals surface area contributed by atoms with Gasteiger partial charge in [-0.15, -0.1) is 24.0 Å². The van der Waals surface area contributed by atoms with Crippen LogP contribution < -0.4 is 10.6 Å². The standard InChI is InChI=1S/C17H36N4O.HI/c1-6-18-16(19-10-8-12-22-5)20-14-17(3,4)21-11-7-9-15(2)13-21;/h15H,6-14H2,1-5H3,(H2,18,19,20);1H. The largest absolute Gasteiger partial charge is 0.385 e. The average Bonchev–Trinajstić information content (AvgIpc) is 2.49. The molecule has 1 fully saturated rings. The van der Waals surface area contributed by atoms with Gasteiger partial charge in [0, 0.05) is 38.9 Å². The van der Waals surface area contributed by atoms with Crippen molar-refractivity contribution in [3.63, 3.8) is 0 Å². The molecular weight excluding hydrogens is 403 g/mol. The summed E-state index contributed by atoms with van der Waals surface area (Å²) in [5, 5.41) is 6.70. The van der Waals surface area contributed by atoms with Crippen LogP contribution in [0.1, 0.15) is 47.0 Å². The van der Waals surface area contributed by atoms with Crippen LogP contribution in [0.15, 0.2) is 4.99 Å². The lowest BCUT2D eigenvalue weighted by molar-refractivity contribution is 0.0774. The Morgan fingerprint density at radius 1 is 1.35 bits per heavy atom. The summed E-state index contributed by atoms with van der Waals surface area (Å²) in [5.41, 5.74) is 0.115. The van der Waals surface area contributed by atoms with Crippen LogP contribution in [-0.4, -0.2) is 62.8 Å². The van der Waals surface area contributed by atoms with Crippen LogP contribution in [0.4, 0.5) is 0 Å². The lowest BCUT2D eigenvalue weighted by atomic mass is 9.94. The molecule has 0 aromatic carbocycles. The van der Waals surface area contributed by atoms with Crippen LogP contribution >= 0.6 is 24.0 Å². The topological polar surface area (TPSA) is 48.9 Å². The van der Waals surface area contributed by atoms with E-state index in [1.165, 1.54) is 25.9 Å². The van der Waals surface area contributed by atoms with Crippen LogP contribution in [0.5, 0.6) is 0 Å². The molecule has 0 aromatic heterocycles. The number of piperidine rings is 1. The monoisotopic (exact) mass is 440 g/mol. The lowest BCUT2D eigenvalue weighted by Crippen LogP contribution is -2.51. The van der Waals surface area contributed by atoms with Gasteiger partial charge in [0.05, 0.1) is 6.54 Å². The number of methoxy groups -OCH3 is 1. The SMILES string of the molecule is CCNC(=NCC(C)(C)N1CCCC(C)C1)NCCCOC.I. The van der Waals surface area contributed by atoms with Gasteiger partial charge in [-0.2, -0.15) is 0 Å². The molecule has 138 valence electrons. The first-order valence-corrected chi connectivity index (χ1v) is 8.75. The van der Waals surface area contributed by atoms with Gasteiger partial charge < -0.3 is 15.4 Å². The zero-order valence-electron chi connectivity index (χ0n) is 15.7. The molecule has 1 heterocycles. The Kier molecular flexibility index (Phi) is 12.3. The second-order valence-electron chi connectivity index (χ2n) is 6.97. The van der Waals surface area contributed by atoms with Crippen LogP contribution in [0, 0.1) is 5.92 Å². The molecule has 0 bridgehead atoms. The highest BCUT2D eigenvalue weighted by atomic mass is 127. The highest BCUT2D eigenvalue weighted by Gasteiger charge is 2.29. The third-order valence-electron chi connectivity index (χ3n) is 4.30. The molecule has 1 aliphatic rings. The molecule has 1 aliphatic heterocycles.